The number of hydrogen-bond acceptors (Lipinski definition) is 5. The molecule has 1 atom stereocenters. The van der Waals surface area contributed by atoms with Gasteiger partial charge < -0.3 is 19.1 Å². The third-order valence-corrected chi connectivity index (χ3v) is 5.27. The summed E-state index contributed by atoms with van der Waals surface area (Å²) in [5.74, 6) is -1.47. The predicted molar refractivity (Wildman–Crippen MR) is 75.1 cm³/mol. The summed E-state index contributed by atoms with van der Waals surface area (Å²) in [5.41, 5.74) is 0. The number of alkyl halides is 3. The number of rotatable bonds is 7. The molecule has 0 aromatic heterocycles. The molecule has 0 saturated heterocycles. The highest BCUT2D eigenvalue weighted by Crippen LogP contribution is 2.58. The Morgan fingerprint density at radius 3 is 1.95 bits per heavy atom. The molecule has 0 aliphatic carbocycles. The minimum Gasteiger partial charge on any atom is -0.450 e. The molecule has 0 saturated carbocycles. The van der Waals surface area contributed by atoms with Crippen molar-refractivity contribution in [3.63, 3.8) is 0 Å². The summed E-state index contributed by atoms with van der Waals surface area (Å²) < 4.78 is 25.2. The molecule has 0 fully saturated rings. The van der Waals surface area contributed by atoms with E-state index in [2.05, 4.69) is 10.1 Å². The van der Waals surface area contributed by atoms with Crippen molar-refractivity contribution < 1.29 is 23.1 Å². The van der Waals surface area contributed by atoms with Crippen LogP contribution in [0.25, 0.3) is 0 Å². The summed E-state index contributed by atoms with van der Waals surface area (Å²) >= 11 is 17.2. The number of ether oxygens (including phenoxy) is 1. The molecule has 0 rings (SSSR count). The number of carbonyl (C=O) groups excluding carboxylic acids is 1. The molecule has 0 aliphatic heterocycles. The van der Waals surface area contributed by atoms with Crippen LogP contribution in [0.15, 0.2) is 0 Å². The fourth-order valence-electron chi connectivity index (χ4n) is 1.17. The molecule has 0 aliphatic rings. The van der Waals surface area contributed by atoms with Gasteiger partial charge in [-0.15, -0.1) is 0 Å². The lowest BCUT2D eigenvalue weighted by Gasteiger charge is -2.30. The van der Waals surface area contributed by atoms with Crippen molar-refractivity contribution in [3.8, 4) is 0 Å². The second-order valence-corrected chi connectivity index (χ2v) is 7.67. The van der Waals surface area contributed by atoms with Crippen LogP contribution >= 0.6 is 42.4 Å². The van der Waals surface area contributed by atoms with Crippen LogP contribution in [0.5, 0.6) is 0 Å². The van der Waals surface area contributed by atoms with Gasteiger partial charge >= 0.3 is 13.7 Å². The van der Waals surface area contributed by atoms with Crippen molar-refractivity contribution in [3.05, 3.63) is 0 Å². The molecular formula is C9H17Cl3NO5P. The largest absolute Gasteiger partial charge is 0.450 e. The van der Waals surface area contributed by atoms with Crippen LogP contribution in [-0.2, 0) is 18.3 Å². The Hall–Kier alpha value is 0.290. The van der Waals surface area contributed by atoms with Crippen LogP contribution in [0.3, 0.4) is 0 Å². The van der Waals surface area contributed by atoms with Crippen LogP contribution in [0.2, 0.25) is 0 Å². The van der Waals surface area contributed by atoms with Crippen LogP contribution in [0, 0.1) is 0 Å². The molecular weight excluding hydrogens is 339 g/mol. The standard InChI is InChI=1S/C9H17Cl3NO5P/c1-4-16-8(14)13-7(9(10,11)12)19(15,17-5-2)18-6-3/h7H,4-6H2,1-3H3,(H,13,14). The first-order valence-corrected chi connectivity index (χ1v) is 8.34. The summed E-state index contributed by atoms with van der Waals surface area (Å²) in [6.07, 6.45) is -0.876. The van der Waals surface area contributed by atoms with Crippen molar-refractivity contribution in [2.45, 2.75) is 30.3 Å². The molecule has 19 heavy (non-hydrogen) atoms. The summed E-state index contributed by atoms with van der Waals surface area (Å²) in [6.45, 7) is 5.07. The quantitative estimate of drug-likeness (QED) is 0.556. The number of nitrogens with one attached hydrogen (secondary N) is 1. The molecule has 1 N–H and O–H groups in total. The smallest absolute Gasteiger partial charge is 0.408 e. The van der Waals surface area contributed by atoms with Crippen molar-refractivity contribution in [2.75, 3.05) is 19.8 Å². The first-order chi connectivity index (χ1) is 8.71. The number of alkyl carbamates (subject to hydrolysis) is 1. The number of halogens is 3. The third kappa shape index (κ3) is 6.52. The summed E-state index contributed by atoms with van der Waals surface area (Å²) in [4.78, 5) is 11.4. The Balaban J connectivity index is 5.20. The van der Waals surface area contributed by atoms with E-state index in [1.54, 1.807) is 20.8 Å². The van der Waals surface area contributed by atoms with Gasteiger partial charge in [0.05, 0.1) is 19.8 Å². The maximum Gasteiger partial charge on any atom is 0.408 e. The van der Waals surface area contributed by atoms with Crippen molar-refractivity contribution in [2.24, 2.45) is 0 Å². The minimum atomic E-state index is -3.84. The molecule has 1 amide bonds. The van der Waals surface area contributed by atoms with E-state index in [1.165, 1.54) is 0 Å². The molecule has 114 valence electrons. The Labute approximate surface area is 127 Å². The monoisotopic (exact) mass is 355 g/mol. The van der Waals surface area contributed by atoms with Gasteiger partial charge in [-0.1, -0.05) is 34.8 Å². The predicted octanol–water partition coefficient (Wildman–Crippen LogP) is 3.69. The number of hydrogen-bond donors (Lipinski definition) is 1. The number of amides is 1. The van der Waals surface area contributed by atoms with E-state index in [0.717, 1.165) is 0 Å². The van der Waals surface area contributed by atoms with Crippen molar-refractivity contribution in [1.82, 2.24) is 5.32 Å². The van der Waals surface area contributed by atoms with E-state index >= 15 is 0 Å². The fourth-order valence-corrected chi connectivity index (χ4v) is 4.12. The molecule has 0 heterocycles. The van der Waals surface area contributed by atoms with Gasteiger partial charge in [-0.25, -0.2) is 4.79 Å². The topological polar surface area (TPSA) is 73.9 Å². The first-order valence-electron chi connectivity index (χ1n) is 5.60. The van der Waals surface area contributed by atoms with Gasteiger partial charge in [0.25, 0.3) is 0 Å². The van der Waals surface area contributed by atoms with E-state index in [1.807, 2.05) is 0 Å². The van der Waals surface area contributed by atoms with Crippen LogP contribution in [0.1, 0.15) is 20.8 Å². The summed E-state index contributed by atoms with van der Waals surface area (Å²) in [5, 5.41) is 2.20. The van der Waals surface area contributed by atoms with E-state index in [0.29, 0.717) is 0 Å². The molecule has 0 bridgehead atoms. The first kappa shape index (κ1) is 19.3. The lowest BCUT2D eigenvalue weighted by molar-refractivity contribution is 0.146. The van der Waals surface area contributed by atoms with E-state index in [9.17, 15) is 9.36 Å². The Morgan fingerprint density at radius 2 is 1.63 bits per heavy atom. The second-order valence-electron chi connectivity index (χ2n) is 3.18. The van der Waals surface area contributed by atoms with Gasteiger partial charge in [-0.3, -0.25) is 4.57 Å². The van der Waals surface area contributed by atoms with Crippen molar-refractivity contribution >= 4 is 48.5 Å². The van der Waals surface area contributed by atoms with Crippen molar-refractivity contribution in [1.29, 1.82) is 0 Å². The molecule has 0 radical (unpaired) electrons. The molecule has 0 aromatic rings. The van der Waals surface area contributed by atoms with E-state index in [4.69, 9.17) is 43.9 Å². The average molecular weight is 357 g/mol. The Kier molecular flexibility index (Phi) is 8.68. The van der Waals surface area contributed by atoms with Gasteiger partial charge in [-0.2, -0.15) is 0 Å². The van der Waals surface area contributed by atoms with Gasteiger partial charge in [0.15, 0.2) is 5.78 Å². The zero-order chi connectivity index (χ0) is 15.1. The van der Waals surface area contributed by atoms with E-state index in [-0.39, 0.29) is 19.8 Å². The summed E-state index contributed by atoms with van der Waals surface area (Å²) in [7, 11) is -3.84. The molecule has 10 heteroatoms. The zero-order valence-corrected chi connectivity index (χ0v) is 14.0. The zero-order valence-electron chi connectivity index (χ0n) is 10.8. The molecule has 1 unspecified atom stereocenters. The normalized spacial score (nSPS) is 14.0. The highest BCUT2D eigenvalue weighted by atomic mass is 35.6. The highest BCUT2D eigenvalue weighted by molar-refractivity contribution is 7.55. The van der Waals surface area contributed by atoms with Gasteiger partial charge in [-0.05, 0) is 20.8 Å². The molecule has 0 spiro atoms. The Bertz CT molecular complexity index is 326. The highest BCUT2D eigenvalue weighted by Gasteiger charge is 2.50. The lowest BCUT2D eigenvalue weighted by Crippen LogP contribution is -2.44. The average Bonchev–Trinajstić information content (AvgIpc) is 2.25. The fraction of sp³-hybridized carbons (Fsp3) is 0.889. The molecule has 0 aromatic carbocycles. The number of carbonyl (C=O) groups is 1. The van der Waals surface area contributed by atoms with Crippen LogP contribution in [-0.4, -0.2) is 35.5 Å². The van der Waals surface area contributed by atoms with E-state index < -0.39 is 23.3 Å². The SMILES string of the molecule is CCOC(=O)NC(C(Cl)(Cl)Cl)P(=O)(OCC)OCC. The van der Waals surface area contributed by atoms with Crippen LogP contribution in [0.4, 0.5) is 4.79 Å². The van der Waals surface area contributed by atoms with Crippen LogP contribution < -0.4 is 5.32 Å². The summed E-state index contributed by atoms with van der Waals surface area (Å²) in [6, 6.07) is 0. The second kappa shape index (κ2) is 8.55. The maximum atomic E-state index is 12.5. The molecule has 6 nitrogen and oxygen atoms in total. The third-order valence-electron chi connectivity index (χ3n) is 1.77. The Morgan fingerprint density at radius 1 is 1.16 bits per heavy atom. The maximum absolute atomic E-state index is 12.5. The van der Waals surface area contributed by atoms with Gasteiger partial charge in [0, 0.05) is 0 Å². The van der Waals surface area contributed by atoms with Gasteiger partial charge in [0.1, 0.15) is 0 Å². The van der Waals surface area contributed by atoms with Gasteiger partial charge in [0.2, 0.25) is 3.79 Å². The minimum absolute atomic E-state index is 0.0685. The lowest BCUT2D eigenvalue weighted by atomic mass is 10.7.